The fourth-order valence-electron chi connectivity index (χ4n) is 12.1. The maximum Gasteiger partial charge on any atom is 0.333 e. The Morgan fingerprint density at radius 2 is 1.77 bits per heavy atom. The van der Waals surface area contributed by atoms with Gasteiger partial charge in [-0.3, -0.25) is 14.5 Å². The van der Waals surface area contributed by atoms with E-state index in [1.165, 1.54) is 12.7 Å². The van der Waals surface area contributed by atoms with Gasteiger partial charge in [-0.2, -0.15) is 5.26 Å². The number of carbonyl (C=O) groups is 3. The number of hydrogen-bond donors (Lipinski definition) is 3. The van der Waals surface area contributed by atoms with Crippen molar-refractivity contribution in [1.82, 2.24) is 15.1 Å². The van der Waals surface area contributed by atoms with E-state index in [1.54, 1.807) is 13.0 Å². The molecule has 0 amide bonds. The summed E-state index contributed by atoms with van der Waals surface area (Å²) in [7, 11) is 3.37. The number of allylic oxidation sites excluding steroid dienone is 5. The van der Waals surface area contributed by atoms with Crippen molar-refractivity contribution < 1.29 is 43.2 Å². The molecule has 0 radical (unpaired) electrons. The van der Waals surface area contributed by atoms with E-state index in [2.05, 4.69) is 49.3 Å². The summed E-state index contributed by atoms with van der Waals surface area (Å²) in [5.41, 5.74) is 6.95. The number of fused-ring (bicyclic) bond motifs is 3. The molecule has 5 heterocycles. The molecule has 4 N–H and O–H groups in total. The van der Waals surface area contributed by atoms with Crippen molar-refractivity contribution in [2.45, 2.75) is 135 Å². The highest BCUT2D eigenvalue weighted by Gasteiger charge is 2.86. The number of ketones is 1. The lowest BCUT2D eigenvalue weighted by Gasteiger charge is -2.66. The van der Waals surface area contributed by atoms with E-state index < -0.39 is 64.4 Å². The maximum atomic E-state index is 15.5. The van der Waals surface area contributed by atoms with Gasteiger partial charge in [0.15, 0.2) is 22.7 Å². The molecular weight excluding hydrogens is 827 g/mol. The first-order chi connectivity index (χ1) is 30.7. The van der Waals surface area contributed by atoms with Gasteiger partial charge in [-0.25, -0.2) is 4.79 Å². The van der Waals surface area contributed by atoms with Crippen LogP contribution in [-0.4, -0.2) is 102 Å². The zero-order valence-corrected chi connectivity index (χ0v) is 39.8. The summed E-state index contributed by atoms with van der Waals surface area (Å²) in [5.74, 6) is -2.22. The van der Waals surface area contributed by atoms with Crippen LogP contribution in [0.5, 0.6) is 17.2 Å². The third-order valence-corrected chi connectivity index (χ3v) is 15.3. The summed E-state index contributed by atoms with van der Waals surface area (Å²) in [4.78, 5) is 46.8. The van der Waals surface area contributed by atoms with Gasteiger partial charge in [-0.05, 0) is 107 Å². The van der Waals surface area contributed by atoms with Gasteiger partial charge < -0.3 is 44.7 Å². The molecule has 3 saturated carbocycles. The van der Waals surface area contributed by atoms with Crippen LogP contribution in [0.15, 0.2) is 52.4 Å². The fraction of sp³-hybridized carbons (Fsp3) is 0.608. The molecule has 9 atom stereocenters. The minimum Gasteiger partial charge on any atom is -0.482 e. The number of hydrogen-bond acceptors (Lipinski definition) is 14. The number of rotatable bonds is 13. The Labute approximate surface area is 383 Å². The lowest BCUT2D eigenvalue weighted by Crippen LogP contribution is -2.80. The van der Waals surface area contributed by atoms with Gasteiger partial charge in [0.25, 0.3) is 0 Å². The number of ether oxygens (including phenoxy) is 5. The van der Waals surface area contributed by atoms with E-state index in [1.807, 2.05) is 51.7 Å². The molecule has 9 unspecified atom stereocenters. The smallest absolute Gasteiger partial charge is 0.333 e. The average molecular weight is 894 g/mol. The minimum absolute atomic E-state index is 0.0168. The highest BCUT2D eigenvalue weighted by Crippen LogP contribution is 2.75. The maximum absolute atomic E-state index is 15.5. The quantitative estimate of drug-likeness (QED) is 0.0863. The average Bonchev–Trinajstić information content (AvgIpc) is 3.39. The first-order valence-corrected chi connectivity index (χ1v) is 23.3. The Bertz CT molecular complexity index is 2360. The molecule has 14 heteroatoms. The van der Waals surface area contributed by atoms with Crippen molar-refractivity contribution in [3.63, 3.8) is 0 Å². The van der Waals surface area contributed by atoms with Crippen LogP contribution in [-0.2, 0) is 30.3 Å². The van der Waals surface area contributed by atoms with E-state index in [-0.39, 0.29) is 48.1 Å². The molecule has 65 heavy (non-hydrogen) atoms. The third kappa shape index (κ3) is 7.60. The lowest BCUT2D eigenvalue weighted by atomic mass is 9.41. The summed E-state index contributed by atoms with van der Waals surface area (Å²) < 4.78 is 33.8. The zero-order valence-electron chi connectivity index (χ0n) is 39.8. The highest BCUT2D eigenvalue weighted by atomic mass is 16.6. The van der Waals surface area contributed by atoms with Crippen molar-refractivity contribution in [1.29, 1.82) is 5.26 Å². The molecule has 3 aliphatic carbocycles. The van der Waals surface area contributed by atoms with Crippen molar-refractivity contribution in [2.75, 3.05) is 40.3 Å². The number of nitriles is 1. The largest absolute Gasteiger partial charge is 0.482 e. The number of esters is 2. The topological polar surface area (TPSA) is 186 Å². The summed E-state index contributed by atoms with van der Waals surface area (Å²) in [6, 6.07) is 1.64. The zero-order chi connectivity index (χ0) is 47.0. The fourth-order valence-corrected chi connectivity index (χ4v) is 12.1. The second kappa shape index (κ2) is 17.0. The molecule has 5 aliphatic heterocycles. The molecule has 1 aromatic rings. The number of nitrogens with zero attached hydrogens (tertiary/aromatic N) is 3. The van der Waals surface area contributed by atoms with Crippen LogP contribution in [0, 0.1) is 35.0 Å². The van der Waals surface area contributed by atoms with E-state index in [4.69, 9.17) is 29.4 Å². The van der Waals surface area contributed by atoms with E-state index >= 15 is 4.79 Å². The van der Waals surface area contributed by atoms with Crippen molar-refractivity contribution in [3.8, 4) is 23.3 Å². The number of benzene rings is 1. The predicted octanol–water partition coefficient (Wildman–Crippen LogP) is 6.33. The number of nitrogens with two attached hydrogens (primary N) is 1. The van der Waals surface area contributed by atoms with Crippen LogP contribution in [0.4, 0.5) is 0 Å². The Balaban J connectivity index is 1.36. The van der Waals surface area contributed by atoms with Crippen LogP contribution in [0.2, 0.25) is 0 Å². The molecule has 1 spiro atoms. The molecule has 5 fully saturated rings. The SMILES string of the molecule is COC(=O)/C(C)=C\CC12OC(C)(C)C3CC(C1=O)C1C(C#N)=C(N)NC4c5c(OC(=O)CCC(O)N6CCN(C)CC6)c6c(c(CC=C(C)C)c5OC32C41)OC(C)(CCC=C(C)C)C=C6. The van der Waals surface area contributed by atoms with Crippen LogP contribution in [0.25, 0.3) is 6.08 Å². The molecule has 14 nitrogen and oxygen atoms in total. The summed E-state index contributed by atoms with van der Waals surface area (Å²) in [5, 5.41) is 25.6. The van der Waals surface area contributed by atoms with Crippen LogP contribution < -0.4 is 25.3 Å². The Morgan fingerprint density at radius 3 is 2.43 bits per heavy atom. The number of likely N-dealkylation sites (N-methyl/N-ethyl adjacent to an activating group) is 1. The van der Waals surface area contributed by atoms with Gasteiger partial charge in [-0.15, -0.1) is 0 Å². The van der Waals surface area contributed by atoms with Crippen molar-refractivity contribution in [3.05, 3.63) is 69.1 Å². The number of carbonyl (C=O) groups excluding carboxylic acids is 3. The second-order valence-corrected chi connectivity index (χ2v) is 20.6. The second-order valence-electron chi connectivity index (χ2n) is 20.6. The normalized spacial score (nSPS) is 32.1. The Hall–Kier alpha value is -4.94. The van der Waals surface area contributed by atoms with Gasteiger partial charge >= 0.3 is 11.9 Å². The molecular formula is C51H67N5O9. The molecule has 9 rings (SSSR count). The van der Waals surface area contributed by atoms with Gasteiger partial charge in [0.1, 0.15) is 29.1 Å². The molecule has 4 bridgehead atoms. The van der Waals surface area contributed by atoms with Gasteiger partial charge in [-0.1, -0.05) is 29.4 Å². The molecule has 350 valence electrons. The number of piperazine rings is 1. The van der Waals surface area contributed by atoms with Gasteiger partial charge in [0.05, 0.1) is 41.5 Å². The monoisotopic (exact) mass is 893 g/mol. The summed E-state index contributed by atoms with van der Waals surface area (Å²) >= 11 is 0. The summed E-state index contributed by atoms with van der Waals surface area (Å²) in [6.45, 7) is 18.9. The highest BCUT2D eigenvalue weighted by molar-refractivity contribution is 5.97. The molecule has 1 aromatic carbocycles. The number of aliphatic hydroxyl groups is 1. The summed E-state index contributed by atoms with van der Waals surface area (Å²) in [6.07, 6.45) is 11.5. The first kappa shape index (κ1) is 46.6. The molecule has 2 saturated heterocycles. The Kier molecular flexibility index (Phi) is 12.2. The van der Waals surface area contributed by atoms with Gasteiger partial charge in [0, 0.05) is 73.8 Å². The van der Waals surface area contributed by atoms with Crippen LogP contribution in [0.1, 0.15) is 117 Å². The van der Waals surface area contributed by atoms with Crippen LogP contribution in [0.3, 0.4) is 0 Å². The number of methoxy groups -OCH3 is 1. The van der Waals surface area contributed by atoms with Gasteiger partial charge in [0.2, 0.25) is 0 Å². The van der Waals surface area contributed by atoms with Crippen molar-refractivity contribution >= 4 is 23.8 Å². The first-order valence-electron chi connectivity index (χ1n) is 23.3. The lowest BCUT2D eigenvalue weighted by molar-refractivity contribution is -0.224. The number of aliphatic hydroxyl groups excluding tert-OH is 1. The van der Waals surface area contributed by atoms with E-state index in [0.29, 0.717) is 66.1 Å². The number of nitrogens with one attached hydrogen (secondary N) is 1. The minimum atomic E-state index is -1.59. The van der Waals surface area contributed by atoms with Crippen LogP contribution >= 0.6 is 0 Å². The number of Topliss-reactive ketones (excluding diaryl/α,β-unsaturated/α-hetero) is 1. The molecule has 8 aliphatic rings. The van der Waals surface area contributed by atoms with E-state index in [0.717, 1.165) is 25.1 Å². The Morgan fingerprint density at radius 1 is 1.06 bits per heavy atom. The third-order valence-electron chi connectivity index (χ3n) is 15.3. The van der Waals surface area contributed by atoms with E-state index in [9.17, 15) is 20.0 Å². The predicted molar refractivity (Wildman–Crippen MR) is 244 cm³/mol. The molecule has 0 aromatic heterocycles. The van der Waals surface area contributed by atoms with Crippen molar-refractivity contribution in [2.24, 2.45) is 29.4 Å². The standard InChI is InChI=1S/C51H67N5O9/c1-28(2)12-11-19-49(8)20-18-32-42(63-49)31(14-13-29(3)4)44-39(43(32)62-37(58)16-15-36(57)56-24-22-55(9)23-25-56)41-40-38(34(27-52)46(53)54-41)33-26-35-48(6,7)65-50(45(33)59,51(35,40)64-44)21-17-30(5)47(60)61-10/h12-13,17-18,20,33,35-36,38,40-41,54,57H,11,14-16,19,21-26,53H2,1-10H3/b30-17-.